The van der Waals surface area contributed by atoms with Gasteiger partial charge in [-0.1, -0.05) is 5.16 Å². The number of rotatable bonds is 5. The molecule has 1 unspecified atom stereocenters. The molecular weight excluding hydrogens is 248 g/mol. The predicted molar refractivity (Wildman–Crippen MR) is 67.3 cm³/mol. The average Bonchev–Trinajstić information content (AvgIpc) is 2.93. The van der Waals surface area contributed by atoms with Gasteiger partial charge in [-0.25, -0.2) is 4.98 Å². The SMILES string of the molecule is CCOCC(C)(N)c1noc(-c2oc(C)nc2C)n1. The molecule has 0 saturated heterocycles. The van der Waals surface area contributed by atoms with E-state index in [-0.39, 0.29) is 5.89 Å². The van der Waals surface area contributed by atoms with Crippen molar-refractivity contribution in [1.82, 2.24) is 15.1 Å². The number of ether oxygens (including phenoxy) is 1. The first kappa shape index (κ1) is 13.7. The second-order valence-corrected chi connectivity index (χ2v) is 4.63. The number of nitrogens with zero attached hydrogens (tertiary/aromatic N) is 3. The van der Waals surface area contributed by atoms with Gasteiger partial charge in [0.25, 0.3) is 5.89 Å². The Hall–Kier alpha value is -1.73. The summed E-state index contributed by atoms with van der Waals surface area (Å²) in [5, 5.41) is 3.89. The standard InChI is InChI=1S/C12H18N4O3/c1-5-17-6-12(4,13)11-15-10(19-16-11)9-7(2)14-8(3)18-9/h5-6,13H2,1-4H3. The number of hydrogen-bond donors (Lipinski definition) is 1. The Morgan fingerprint density at radius 3 is 2.63 bits per heavy atom. The van der Waals surface area contributed by atoms with E-state index in [0.29, 0.717) is 36.4 Å². The van der Waals surface area contributed by atoms with E-state index in [2.05, 4.69) is 15.1 Å². The van der Waals surface area contributed by atoms with Crippen molar-refractivity contribution < 1.29 is 13.7 Å². The molecular formula is C12H18N4O3. The van der Waals surface area contributed by atoms with E-state index < -0.39 is 5.54 Å². The summed E-state index contributed by atoms with van der Waals surface area (Å²) in [6.45, 7) is 8.16. The molecule has 104 valence electrons. The van der Waals surface area contributed by atoms with Crippen LogP contribution >= 0.6 is 0 Å². The summed E-state index contributed by atoms with van der Waals surface area (Å²) >= 11 is 0. The van der Waals surface area contributed by atoms with Gasteiger partial charge in [-0.2, -0.15) is 4.98 Å². The van der Waals surface area contributed by atoms with Crippen LogP contribution in [0.15, 0.2) is 8.94 Å². The third kappa shape index (κ3) is 2.82. The van der Waals surface area contributed by atoms with E-state index in [4.69, 9.17) is 19.4 Å². The lowest BCUT2D eigenvalue weighted by atomic mass is 10.1. The Labute approximate surface area is 111 Å². The van der Waals surface area contributed by atoms with Crippen LogP contribution in [0.1, 0.15) is 31.3 Å². The summed E-state index contributed by atoms with van der Waals surface area (Å²) in [6.07, 6.45) is 0. The van der Waals surface area contributed by atoms with Crippen molar-refractivity contribution in [1.29, 1.82) is 0 Å². The van der Waals surface area contributed by atoms with Gasteiger partial charge in [0.15, 0.2) is 11.7 Å². The Bertz CT molecular complexity index is 559. The number of nitrogens with two attached hydrogens (primary N) is 1. The second-order valence-electron chi connectivity index (χ2n) is 4.63. The molecule has 0 bridgehead atoms. The highest BCUT2D eigenvalue weighted by atomic mass is 16.5. The number of hydrogen-bond acceptors (Lipinski definition) is 7. The highest BCUT2D eigenvalue weighted by Crippen LogP contribution is 2.24. The molecule has 0 spiro atoms. The zero-order chi connectivity index (χ0) is 14.0. The largest absolute Gasteiger partial charge is 0.436 e. The number of aromatic nitrogens is 3. The molecule has 2 aromatic rings. The van der Waals surface area contributed by atoms with Crippen molar-refractivity contribution in [3.63, 3.8) is 0 Å². The van der Waals surface area contributed by atoms with Gasteiger partial charge in [-0.3, -0.25) is 0 Å². The summed E-state index contributed by atoms with van der Waals surface area (Å²) in [5.41, 5.74) is 6.00. The number of aryl methyl sites for hydroxylation is 2. The lowest BCUT2D eigenvalue weighted by molar-refractivity contribution is 0.0962. The van der Waals surface area contributed by atoms with E-state index in [9.17, 15) is 0 Å². The molecule has 2 N–H and O–H groups in total. The molecule has 0 amide bonds. The molecule has 2 rings (SSSR count). The maximum absolute atomic E-state index is 6.10. The van der Waals surface area contributed by atoms with E-state index in [1.54, 1.807) is 13.8 Å². The van der Waals surface area contributed by atoms with Gasteiger partial charge < -0.3 is 19.4 Å². The smallest absolute Gasteiger partial charge is 0.295 e. The minimum Gasteiger partial charge on any atom is -0.436 e. The van der Waals surface area contributed by atoms with E-state index >= 15 is 0 Å². The van der Waals surface area contributed by atoms with Crippen LogP contribution in [0.25, 0.3) is 11.7 Å². The maximum Gasteiger partial charge on any atom is 0.295 e. The molecule has 1 atom stereocenters. The normalized spacial score (nSPS) is 14.6. The monoisotopic (exact) mass is 266 g/mol. The maximum atomic E-state index is 6.10. The number of oxazole rings is 1. The molecule has 2 heterocycles. The topological polar surface area (TPSA) is 100 Å². The van der Waals surface area contributed by atoms with E-state index in [1.807, 2.05) is 13.8 Å². The lowest BCUT2D eigenvalue weighted by Crippen LogP contribution is -2.39. The van der Waals surface area contributed by atoms with E-state index in [1.165, 1.54) is 0 Å². The third-order valence-electron chi connectivity index (χ3n) is 2.64. The molecule has 19 heavy (non-hydrogen) atoms. The van der Waals surface area contributed by atoms with Crippen molar-refractivity contribution in [2.45, 2.75) is 33.2 Å². The van der Waals surface area contributed by atoms with Gasteiger partial charge in [-0.15, -0.1) is 0 Å². The summed E-state index contributed by atoms with van der Waals surface area (Å²) in [6, 6.07) is 0. The Morgan fingerprint density at radius 2 is 2.05 bits per heavy atom. The zero-order valence-corrected chi connectivity index (χ0v) is 11.6. The fourth-order valence-corrected chi connectivity index (χ4v) is 1.66. The second kappa shape index (κ2) is 5.10. The third-order valence-corrected chi connectivity index (χ3v) is 2.64. The molecule has 0 fully saturated rings. The molecule has 0 aromatic carbocycles. The Morgan fingerprint density at radius 1 is 1.32 bits per heavy atom. The summed E-state index contributed by atoms with van der Waals surface area (Å²) in [4.78, 5) is 8.42. The van der Waals surface area contributed by atoms with Crippen LogP contribution in [-0.4, -0.2) is 28.3 Å². The van der Waals surface area contributed by atoms with Crippen molar-refractivity contribution in [3.8, 4) is 11.7 Å². The van der Waals surface area contributed by atoms with Gasteiger partial charge in [-0.05, 0) is 20.8 Å². The lowest BCUT2D eigenvalue weighted by Gasteiger charge is -2.19. The quantitative estimate of drug-likeness (QED) is 0.876. The van der Waals surface area contributed by atoms with Gasteiger partial charge in [0, 0.05) is 13.5 Å². The fraction of sp³-hybridized carbons (Fsp3) is 0.583. The first-order chi connectivity index (χ1) is 8.94. The minimum absolute atomic E-state index is 0.279. The average molecular weight is 266 g/mol. The molecule has 0 aliphatic carbocycles. The summed E-state index contributed by atoms with van der Waals surface area (Å²) in [5.74, 6) is 1.69. The van der Waals surface area contributed by atoms with Crippen LogP contribution in [-0.2, 0) is 10.3 Å². The van der Waals surface area contributed by atoms with Crippen LogP contribution < -0.4 is 5.73 Å². The molecule has 2 aromatic heterocycles. The van der Waals surface area contributed by atoms with Crippen LogP contribution in [0.4, 0.5) is 0 Å². The van der Waals surface area contributed by atoms with Crippen molar-refractivity contribution in [2.75, 3.05) is 13.2 Å². The molecule has 0 aliphatic rings. The molecule has 7 heteroatoms. The highest BCUT2D eigenvalue weighted by molar-refractivity contribution is 5.47. The van der Waals surface area contributed by atoms with Crippen molar-refractivity contribution in [3.05, 3.63) is 17.4 Å². The summed E-state index contributed by atoms with van der Waals surface area (Å²) in [7, 11) is 0. The fourth-order valence-electron chi connectivity index (χ4n) is 1.66. The zero-order valence-electron chi connectivity index (χ0n) is 11.6. The highest BCUT2D eigenvalue weighted by Gasteiger charge is 2.29. The Balaban J connectivity index is 2.26. The van der Waals surface area contributed by atoms with Gasteiger partial charge in [0.05, 0.1) is 12.3 Å². The molecule has 0 aliphatic heterocycles. The molecule has 0 saturated carbocycles. The minimum atomic E-state index is -0.805. The van der Waals surface area contributed by atoms with Crippen LogP contribution in [0.2, 0.25) is 0 Å². The van der Waals surface area contributed by atoms with Gasteiger partial charge in [0.1, 0.15) is 5.54 Å². The van der Waals surface area contributed by atoms with E-state index in [0.717, 1.165) is 0 Å². The predicted octanol–water partition coefficient (Wildman–Crippen LogP) is 1.55. The van der Waals surface area contributed by atoms with Crippen molar-refractivity contribution >= 4 is 0 Å². The van der Waals surface area contributed by atoms with Crippen LogP contribution in [0.5, 0.6) is 0 Å². The first-order valence-corrected chi connectivity index (χ1v) is 6.09. The summed E-state index contributed by atoms with van der Waals surface area (Å²) < 4.78 is 15.9. The van der Waals surface area contributed by atoms with Crippen molar-refractivity contribution in [2.24, 2.45) is 5.73 Å². The first-order valence-electron chi connectivity index (χ1n) is 6.09. The van der Waals surface area contributed by atoms with Gasteiger partial charge in [0.2, 0.25) is 5.76 Å². The Kier molecular flexibility index (Phi) is 3.68. The molecule has 7 nitrogen and oxygen atoms in total. The van der Waals surface area contributed by atoms with Crippen LogP contribution in [0.3, 0.4) is 0 Å². The van der Waals surface area contributed by atoms with Crippen LogP contribution in [0, 0.1) is 13.8 Å². The molecule has 0 radical (unpaired) electrons. The van der Waals surface area contributed by atoms with Gasteiger partial charge >= 0.3 is 0 Å².